The number of hydrogen-bond donors (Lipinski definition) is 2. The summed E-state index contributed by atoms with van der Waals surface area (Å²) < 4.78 is 4.57. The second kappa shape index (κ2) is 18.0. The first-order chi connectivity index (χ1) is 31.7. The molecule has 0 radical (unpaired) electrons. The molecular weight excluding hydrogens is 809 g/mol. The van der Waals surface area contributed by atoms with E-state index in [4.69, 9.17) is 0 Å². The molecule has 8 aromatic rings. The van der Waals surface area contributed by atoms with Crippen LogP contribution in [0.25, 0.3) is 43.6 Å². The van der Waals surface area contributed by atoms with Crippen LogP contribution < -0.4 is 0 Å². The molecule has 0 unspecified atom stereocenters. The Balaban J connectivity index is 0.989. The van der Waals surface area contributed by atoms with Crippen molar-refractivity contribution in [1.82, 2.24) is 9.13 Å². The van der Waals surface area contributed by atoms with Gasteiger partial charge in [-0.15, -0.1) is 0 Å². The van der Waals surface area contributed by atoms with Crippen molar-refractivity contribution in [2.24, 2.45) is 11.8 Å². The smallest absolute Gasteiger partial charge is 0.193 e. The van der Waals surface area contributed by atoms with E-state index < -0.39 is 0 Å². The van der Waals surface area contributed by atoms with Gasteiger partial charge in [0, 0.05) is 103 Å². The molecule has 2 saturated carbocycles. The molecule has 6 aromatic carbocycles. The average Bonchev–Trinajstić information content (AvgIpc) is 4.17. The van der Waals surface area contributed by atoms with E-state index in [1.807, 2.05) is 60.7 Å². The molecule has 0 atom stereocenters. The largest absolute Gasteiger partial charge is 0.508 e. The summed E-state index contributed by atoms with van der Waals surface area (Å²) in [5.74, 6) is 1.45. The number of carbonyl (C=O) groups is 4. The van der Waals surface area contributed by atoms with E-state index in [9.17, 15) is 29.4 Å². The quantitative estimate of drug-likeness (QED) is 0.0934. The van der Waals surface area contributed by atoms with Crippen molar-refractivity contribution in [2.45, 2.75) is 96.6 Å². The lowest BCUT2D eigenvalue weighted by atomic mass is 9.96. The number of phenols is 2. The number of hydrogen-bond acceptors (Lipinski definition) is 6. The van der Waals surface area contributed by atoms with Crippen LogP contribution in [0.2, 0.25) is 0 Å². The SMILES string of the molecule is O=C(CCC1CCCC1)c1ccc2c(c1)c1cc(C(=O)c3ccc(O)cc3)ccc1n2CCCn1c2ccc(C(=O)CCC3CCCC3)cc2c2cc(C(=O)c3ccc(O)cc3)ccc21. The Morgan fingerprint density at radius 1 is 0.415 bits per heavy atom. The first kappa shape index (κ1) is 42.2. The molecule has 2 N–H and O–H groups in total. The minimum absolute atomic E-state index is 0.0983. The van der Waals surface area contributed by atoms with Gasteiger partial charge in [-0.05, 0) is 152 Å². The molecule has 2 aliphatic carbocycles. The van der Waals surface area contributed by atoms with Crippen LogP contribution in [0.4, 0.5) is 0 Å². The molecule has 2 aromatic heterocycles. The summed E-state index contributed by atoms with van der Waals surface area (Å²) in [7, 11) is 0. The second-order valence-electron chi connectivity index (χ2n) is 18.6. The first-order valence-electron chi connectivity index (χ1n) is 23.5. The number of aromatic hydroxyl groups is 2. The predicted octanol–water partition coefficient (Wildman–Crippen LogP) is 13.2. The molecule has 0 aliphatic heterocycles. The molecule has 10 rings (SSSR count). The van der Waals surface area contributed by atoms with E-state index in [-0.39, 0.29) is 34.6 Å². The van der Waals surface area contributed by atoms with Crippen LogP contribution >= 0.6 is 0 Å². The van der Waals surface area contributed by atoms with Crippen molar-refractivity contribution in [2.75, 3.05) is 0 Å². The van der Waals surface area contributed by atoms with Crippen molar-refractivity contribution >= 4 is 66.7 Å². The Hall–Kier alpha value is -6.80. The van der Waals surface area contributed by atoms with E-state index in [0.717, 1.165) is 62.9 Å². The zero-order valence-electron chi connectivity index (χ0n) is 36.7. The van der Waals surface area contributed by atoms with Gasteiger partial charge in [-0.1, -0.05) is 51.4 Å². The number of aromatic nitrogens is 2. The minimum atomic E-state index is -0.144. The van der Waals surface area contributed by atoms with Crippen molar-refractivity contribution in [3.8, 4) is 11.5 Å². The molecule has 65 heavy (non-hydrogen) atoms. The van der Waals surface area contributed by atoms with Gasteiger partial charge in [0.1, 0.15) is 11.5 Å². The normalized spacial score (nSPS) is 14.6. The maximum Gasteiger partial charge on any atom is 0.193 e. The van der Waals surface area contributed by atoms with Crippen LogP contribution in [0.3, 0.4) is 0 Å². The van der Waals surface area contributed by atoms with E-state index in [2.05, 4.69) is 21.3 Å². The molecular formula is C57H54N2O6. The molecule has 0 bridgehead atoms. The van der Waals surface area contributed by atoms with Crippen LogP contribution in [0.1, 0.15) is 136 Å². The number of phenolic OH excluding ortho intramolecular Hbond substituents is 2. The molecule has 0 saturated heterocycles. The molecule has 0 amide bonds. The highest BCUT2D eigenvalue weighted by atomic mass is 16.3. The van der Waals surface area contributed by atoms with Crippen molar-refractivity contribution in [1.29, 1.82) is 0 Å². The maximum atomic E-state index is 13.7. The number of carbonyl (C=O) groups excluding carboxylic acids is 4. The van der Waals surface area contributed by atoms with Gasteiger partial charge in [-0.2, -0.15) is 0 Å². The number of benzene rings is 6. The summed E-state index contributed by atoms with van der Waals surface area (Å²) in [6.45, 7) is 1.30. The van der Waals surface area contributed by atoms with E-state index in [0.29, 0.717) is 71.1 Å². The fraction of sp³-hybridized carbons (Fsp3) is 0.298. The van der Waals surface area contributed by atoms with Gasteiger partial charge in [0.15, 0.2) is 23.1 Å². The highest BCUT2D eigenvalue weighted by Gasteiger charge is 2.22. The summed E-state index contributed by atoms with van der Waals surface area (Å²) in [6.07, 6.45) is 13.4. The summed E-state index contributed by atoms with van der Waals surface area (Å²) in [4.78, 5) is 54.8. The van der Waals surface area contributed by atoms with Gasteiger partial charge in [0.2, 0.25) is 0 Å². The second-order valence-corrected chi connectivity index (χ2v) is 18.6. The molecule has 2 heterocycles. The molecule has 0 spiro atoms. The molecule has 8 heteroatoms. The average molecular weight is 863 g/mol. The lowest BCUT2D eigenvalue weighted by Crippen LogP contribution is -2.06. The van der Waals surface area contributed by atoms with Gasteiger partial charge >= 0.3 is 0 Å². The third-order valence-corrected chi connectivity index (χ3v) is 14.4. The van der Waals surface area contributed by atoms with E-state index >= 15 is 0 Å². The van der Waals surface area contributed by atoms with Crippen molar-refractivity contribution < 1.29 is 29.4 Å². The summed E-state index contributed by atoms with van der Waals surface area (Å²) in [5.41, 5.74) is 7.33. The van der Waals surface area contributed by atoms with Crippen LogP contribution in [-0.2, 0) is 13.1 Å². The van der Waals surface area contributed by atoms with Gasteiger partial charge < -0.3 is 19.3 Å². The fourth-order valence-corrected chi connectivity index (χ4v) is 10.8. The standard InChI is InChI=1S/C57H54N2O6/c60-44-20-12-38(13-21-44)56(64)42-18-26-52-48(34-42)46-32-40(54(62)28-10-36-6-1-2-7-36)16-24-50(46)58(52)30-5-31-59-51-25-17-41(55(63)29-11-37-8-3-4-9-37)33-47(51)49-35-43(19-27-53(49)59)57(65)39-14-22-45(61)23-15-39/h12-27,32-37,60-61H,1-11,28-31H2. The summed E-state index contributed by atoms with van der Waals surface area (Å²) >= 11 is 0. The fourth-order valence-electron chi connectivity index (χ4n) is 10.8. The third kappa shape index (κ3) is 8.50. The highest BCUT2D eigenvalue weighted by Crippen LogP contribution is 2.36. The minimum Gasteiger partial charge on any atom is -0.508 e. The zero-order valence-corrected chi connectivity index (χ0v) is 36.7. The Morgan fingerprint density at radius 3 is 1.08 bits per heavy atom. The lowest BCUT2D eigenvalue weighted by Gasteiger charge is -2.12. The van der Waals surface area contributed by atoms with Crippen LogP contribution in [-0.4, -0.2) is 42.5 Å². The summed E-state index contributed by atoms with van der Waals surface area (Å²) in [6, 6.07) is 36.2. The van der Waals surface area contributed by atoms with Crippen LogP contribution in [0, 0.1) is 11.8 Å². The zero-order chi connectivity index (χ0) is 44.6. The van der Waals surface area contributed by atoms with Gasteiger partial charge in [-0.25, -0.2) is 0 Å². The van der Waals surface area contributed by atoms with Crippen LogP contribution in [0.5, 0.6) is 11.5 Å². The number of Topliss-reactive ketones (excluding diaryl/α,β-unsaturated/α-hetero) is 2. The highest BCUT2D eigenvalue weighted by molar-refractivity contribution is 6.17. The predicted molar refractivity (Wildman–Crippen MR) is 258 cm³/mol. The Labute approximate surface area is 378 Å². The number of ketones is 4. The Kier molecular flexibility index (Phi) is 11.7. The van der Waals surface area contributed by atoms with E-state index in [1.54, 1.807) is 24.3 Å². The van der Waals surface area contributed by atoms with Gasteiger partial charge in [0.05, 0.1) is 0 Å². The Morgan fingerprint density at radius 2 is 0.723 bits per heavy atom. The van der Waals surface area contributed by atoms with Crippen molar-refractivity contribution in [3.05, 3.63) is 155 Å². The number of nitrogens with zero attached hydrogens (tertiary/aromatic N) is 2. The van der Waals surface area contributed by atoms with Crippen molar-refractivity contribution in [3.63, 3.8) is 0 Å². The Bertz CT molecular complexity index is 2910. The molecule has 8 nitrogen and oxygen atoms in total. The number of rotatable bonds is 16. The van der Waals surface area contributed by atoms with Gasteiger partial charge in [-0.3, -0.25) is 19.2 Å². The lowest BCUT2D eigenvalue weighted by molar-refractivity contribution is 0.0966. The van der Waals surface area contributed by atoms with E-state index in [1.165, 1.54) is 75.6 Å². The molecule has 2 aliphatic rings. The summed E-state index contributed by atoms with van der Waals surface area (Å²) in [5, 5.41) is 23.4. The first-order valence-corrected chi connectivity index (χ1v) is 23.5. The molecule has 2 fully saturated rings. The number of fused-ring (bicyclic) bond motifs is 6. The molecule has 328 valence electrons. The monoisotopic (exact) mass is 862 g/mol. The topological polar surface area (TPSA) is 119 Å². The van der Waals surface area contributed by atoms with Crippen LogP contribution in [0.15, 0.2) is 121 Å². The third-order valence-electron chi connectivity index (χ3n) is 14.4. The maximum absolute atomic E-state index is 13.7. The number of aryl methyl sites for hydroxylation is 2. The van der Waals surface area contributed by atoms with Gasteiger partial charge in [0.25, 0.3) is 0 Å².